The summed E-state index contributed by atoms with van der Waals surface area (Å²) in [5.74, 6) is 4.18. The highest BCUT2D eigenvalue weighted by Crippen LogP contribution is 2.33. The van der Waals surface area contributed by atoms with Crippen molar-refractivity contribution in [1.29, 1.82) is 0 Å². The molecule has 57 heavy (non-hydrogen) atoms. The Morgan fingerprint density at radius 1 is 0.526 bits per heavy atom. The molecule has 0 amide bonds. The van der Waals surface area contributed by atoms with Crippen LogP contribution in [0.5, 0.6) is 11.8 Å². The average molecular weight is 771 g/mol. The van der Waals surface area contributed by atoms with Gasteiger partial charge in [-0.15, -0.1) is 0 Å². The SMILES string of the molecule is c1cc(COCc2cccc(OCC3CCC4CN(c5noc6ccccc56)CCN4C3)n2)nc(OCC2CCC3CN(c4noc5ccccc45)CCN3C2)c1. The molecule has 2 aromatic carbocycles. The van der Waals surface area contributed by atoms with E-state index in [0.717, 1.165) is 123 Å². The van der Waals surface area contributed by atoms with E-state index in [1.54, 1.807) is 0 Å². The number of pyridine rings is 2. The third-order valence-electron chi connectivity index (χ3n) is 12.3. The molecule has 4 fully saturated rings. The van der Waals surface area contributed by atoms with Gasteiger partial charge in [0.2, 0.25) is 11.8 Å². The second-order valence-corrected chi connectivity index (χ2v) is 16.1. The predicted molar refractivity (Wildman–Crippen MR) is 217 cm³/mol. The van der Waals surface area contributed by atoms with E-state index < -0.39 is 0 Å². The number of hydrogen-bond donors (Lipinski definition) is 0. The highest BCUT2D eigenvalue weighted by molar-refractivity contribution is 5.89. The summed E-state index contributed by atoms with van der Waals surface area (Å²) in [4.78, 5) is 19.5. The van der Waals surface area contributed by atoms with Gasteiger partial charge in [0.25, 0.3) is 0 Å². The summed E-state index contributed by atoms with van der Waals surface area (Å²) in [7, 11) is 0. The summed E-state index contributed by atoms with van der Waals surface area (Å²) in [5, 5.41) is 11.0. The number of benzene rings is 2. The van der Waals surface area contributed by atoms with Gasteiger partial charge in [-0.05, 0) is 62.1 Å². The van der Waals surface area contributed by atoms with Crippen LogP contribution >= 0.6 is 0 Å². The maximum Gasteiger partial charge on any atom is 0.213 e. The number of para-hydroxylation sites is 2. The molecule has 0 bridgehead atoms. The van der Waals surface area contributed by atoms with E-state index in [2.05, 4.69) is 42.0 Å². The van der Waals surface area contributed by atoms with E-state index in [-0.39, 0.29) is 0 Å². The van der Waals surface area contributed by atoms with Crippen molar-refractivity contribution in [2.45, 2.75) is 51.0 Å². The molecule has 0 spiro atoms. The summed E-state index contributed by atoms with van der Waals surface area (Å²) < 4.78 is 29.7. The van der Waals surface area contributed by atoms with Crippen LogP contribution in [0.25, 0.3) is 21.9 Å². The van der Waals surface area contributed by atoms with Crippen molar-refractivity contribution in [3.63, 3.8) is 0 Å². The monoisotopic (exact) mass is 770 g/mol. The van der Waals surface area contributed by atoms with Gasteiger partial charge in [0.05, 0.1) is 48.6 Å². The Morgan fingerprint density at radius 2 is 1.02 bits per heavy atom. The second kappa shape index (κ2) is 16.3. The number of fused-ring (bicyclic) bond motifs is 4. The minimum atomic E-state index is 0.379. The largest absolute Gasteiger partial charge is 0.477 e. The fourth-order valence-electron chi connectivity index (χ4n) is 9.28. The zero-order valence-electron chi connectivity index (χ0n) is 32.3. The van der Waals surface area contributed by atoms with Crippen LogP contribution in [0.1, 0.15) is 37.1 Å². The van der Waals surface area contributed by atoms with Gasteiger partial charge in [0.15, 0.2) is 22.8 Å². The lowest BCUT2D eigenvalue weighted by atomic mass is 9.91. The minimum absolute atomic E-state index is 0.379. The maximum atomic E-state index is 6.25. The number of ether oxygens (including phenoxy) is 3. The molecule has 13 heteroatoms. The molecular weight excluding hydrogens is 721 g/mol. The van der Waals surface area contributed by atoms with Crippen LogP contribution in [-0.4, -0.2) is 108 Å². The van der Waals surface area contributed by atoms with Crippen LogP contribution < -0.4 is 19.3 Å². The fraction of sp³-hybridized carbons (Fsp3) is 0.455. The molecule has 6 aromatic rings. The Balaban J connectivity index is 0.645. The van der Waals surface area contributed by atoms with Crippen molar-refractivity contribution in [2.24, 2.45) is 11.8 Å². The molecule has 13 nitrogen and oxygen atoms in total. The Labute approximate surface area is 332 Å². The van der Waals surface area contributed by atoms with E-state index in [1.165, 1.54) is 0 Å². The van der Waals surface area contributed by atoms with Crippen molar-refractivity contribution in [3.8, 4) is 11.8 Å². The Morgan fingerprint density at radius 3 is 1.53 bits per heavy atom. The van der Waals surface area contributed by atoms with Crippen LogP contribution in [0.4, 0.5) is 11.6 Å². The minimum Gasteiger partial charge on any atom is -0.477 e. The molecule has 0 aliphatic carbocycles. The highest BCUT2D eigenvalue weighted by atomic mass is 16.5. The third kappa shape index (κ3) is 8.01. The molecule has 4 unspecified atom stereocenters. The van der Waals surface area contributed by atoms with Crippen molar-refractivity contribution >= 4 is 33.6 Å². The zero-order chi connectivity index (χ0) is 38.0. The van der Waals surface area contributed by atoms with Crippen molar-refractivity contribution < 1.29 is 23.3 Å². The Hall–Kier alpha value is -5.24. The van der Waals surface area contributed by atoms with Crippen LogP contribution in [0.2, 0.25) is 0 Å². The summed E-state index contributed by atoms with van der Waals surface area (Å²) in [6, 6.07) is 29.1. The summed E-state index contributed by atoms with van der Waals surface area (Å²) in [6.07, 6.45) is 4.56. The number of nitrogens with zero attached hydrogens (tertiary/aromatic N) is 8. The normalized spacial score (nSPS) is 23.1. The topological polar surface area (TPSA) is 118 Å². The molecule has 0 saturated carbocycles. The lowest BCUT2D eigenvalue weighted by Gasteiger charge is -2.46. The Kier molecular flexibility index (Phi) is 10.3. The van der Waals surface area contributed by atoms with Crippen molar-refractivity contribution in [2.75, 3.05) is 75.4 Å². The first kappa shape index (κ1) is 36.1. The summed E-state index contributed by atoms with van der Waals surface area (Å²) in [5.41, 5.74) is 3.38. The molecule has 0 radical (unpaired) electrons. The first-order valence-electron chi connectivity index (χ1n) is 20.6. The Bertz CT molecular complexity index is 2120. The predicted octanol–water partition coefficient (Wildman–Crippen LogP) is 6.44. The van der Waals surface area contributed by atoms with Gasteiger partial charge < -0.3 is 33.1 Å². The standard InChI is InChI=1S/C44H50N8O5/c1-3-11-39-37(9-1)43(47-56-39)51-21-19-49-23-31(15-17-35(49)25-51)27-54-41-13-5-7-33(45-41)29-53-30-34-8-6-14-42(46-34)55-28-32-16-18-36-26-52(22-20-50(36)24-32)44-38-10-2-4-12-40(38)57-48-44/h1-14,31-32,35-36H,15-30H2. The van der Waals surface area contributed by atoms with Crippen LogP contribution in [0, 0.1) is 11.8 Å². The number of rotatable bonds is 12. The van der Waals surface area contributed by atoms with Gasteiger partial charge in [-0.3, -0.25) is 9.80 Å². The third-order valence-corrected chi connectivity index (χ3v) is 12.3. The smallest absolute Gasteiger partial charge is 0.213 e. The van der Waals surface area contributed by atoms with Gasteiger partial charge >= 0.3 is 0 Å². The fourth-order valence-corrected chi connectivity index (χ4v) is 9.28. The van der Waals surface area contributed by atoms with E-state index in [0.29, 0.717) is 62.1 Å². The molecule has 4 aromatic heterocycles. The molecule has 4 aliphatic heterocycles. The van der Waals surface area contributed by atoms with Crippen LogP contribution in [0.15, 0.2) is 94.0 Å². The van der Waals surface area contributed by atoms with E-state index in [4.69, 9.17) is 33.2 Å². The molecule has 0 N–H and O–H groups in total. The second-order valence-electron chi connectivity index (χ2n) is 16.1. The number of aromatic nitrogens is 4. The van der Waals surface area contributed by atoms with Gasteiger partial charge in [-0.25, -0.2) is 9.97 Å². The highest BCUT2D eigenvalue weighted by Gasteiger charge is 2.36. The van der Waals surface area contributed by atoms with Crippen molar-refractivity contribution in [3.05, 3.63) is 96.3 Å². The zero-order valence-corrected chi connectivity index (χ0v) is 32.3. The van der Waals surface area contributed by atoms with Gasteiger partial charge in [0, 0.05) is 88.4 Å². The quantitative estimate of drug-likeness (QED) is 0.136. The summed E-state index contributed by atoms with van der Waals surface area (Å²) in [6.45, 7) is 10.0. The molecule has 4 aliphatic rings. The van der Waals surface area contributed by atoms with E-state index in [9.17, 15) is 0 Å². The lowest BCUT2D eigenvalue weighted by Crippen LogP contribution is -2.57. The van der Waals surface area contributed by atoms with Crippen LogP contribution in [0.3, 0.4) is 0 Å². The molecule has 296 valence electrons. The number of piperazine rings is 2. The summed E-state index contributed by atoms with van der Waals surface area (Å²) >= 11 is 0. The van der Waals surface area contributed by atoms with Gasteiger partial charge in [0.1, 0.15) is 0 Å². The average Bonchev–Trinajstić information content (AvgIpc) is 3.90. The number of anilines is 2. The van der Waals surface area contributed by atoms with Crippen molar-refractivity contribution in [1.82, 2.24) is 30.1 Å². The van der Waals surface area contributed by atoms with Gasteiger partial charge in [-0.2, -0.15) is 0 Å². The van der Waals surface area contributed by atoms with Gasteiger partial charge in [-0.1, -0.05) is 46.7 Å². The molecule has 10 rings (SSSR count). The number of hydrogen-bond acceptors (Lipinski definition) is 13. The molecule has 8 heterocycles. The first-order valence-corrected chi connectivity index (χ1v) is 20.6. The number of piperidine rings is 2. The molecule has 4 saturated heterocycles. The van der Waals surface area contributed by atoms with E-state index in [1.807, 2.05) is 72.8 Å². The van der Waals surface area contributed by atoms with Crippen LogP contribution in [-0.2, 0) is 18.0 Å². The lowest BCUT2D eigenvalue weighted by molar-refractivity contribution is 0.0706. The maximum absolute atomic E-state index is 6.25. The first-order chi connectivity index (χ1) is 28.2. The molecular formula is C44H50N8O5. The molecule has 4 atom stereocenters. The van der Waals surface area contributed by atoms with E-state index >= 15 is 0 Å².